The van der Waals surface area contributed by atoms with Crippen molar-refractivity contribution >= 4 is 40.8 Å². The summed E-state index contributed by atoms with van der Waals surface area (Å²) in [6, 6.07) is 11.5. The molecule has 4 rings (SSSR count). The van der Waals surface area contributed by atoms with E-state index in [0.29, 0.717) is 49.1 Å². The fourth-order valence-corrected chi connectivity index (χ4v) is 5.32. The van der Waals surface area contributed by atoms with Crippen LogP contribution in [0.3, 0.4) is 0 Å². The molecule has 0 spiro atoms. The Morgan fingerprint density at radius 2 is 1.65 bits per heavy atom. The summed E-state index contributed by atoms with van der Waals surface area (Å²) in [7, 11) is 0. The van der Waals surface area contributed by atoms with Crippen LogP contribution in [0.1, 0.15) is 40.9 Å². The maximum Gasteiger partial charge on any atom is 0.416 e. The van der Waals surface area contributed by atoms with Crippen molar-refractivity contribution in [1.82, 2.24) is 20.0 Å². The van der Waals surface area contributed by atoms with Crippen LogP contribution in [0.25, 0.3) is 6.08 Å². The number of hydrogen-bond acceptors (Lipinski definition) is 6. The molecule has 40 heavy (non-hydrogen) atoms. The lowest BCUT2D eigenvalue weighted by molar-refractivity contribution is -0.139. The van der Waals surface area contributed by atoms with Crippen molar-refractivity contribution in [3.05, 3.63) is 75.7 Å². The van der Waals surface area contributed by atoms with Gasteiger partial charge >= 0.3 is 6.18 Å². The van der Waals surface area contributed by atoms with E-state index in [9.17, 15) is 32.3 Å². The van der Waals surface area contributed by atoms with E-state index in [1.807, 2.05) is 18.7 Å². The lowest BCUT2D eigenvalue weighted by Crippen LogP contribution is -2.51. The monoisotopic (exact) mass is 574 g/mol. The van der Waals surface area contributed by atoms with Crippen molar-refractivity contribution in [2.45, 2.75) is 32.6 Å². The van der Waals surface area contributed by atoms with Crippen LogP contribution in [0, 0.1) is 0 Å². The normalized spacial score (nSPS) is 17.7. The largest absolute Gasteiger partial charge is 0.416 e. The third-order valence-corrected chi connectivity index (χ3v) is 7.36. The molecule has 12 heteroatoms. The lowest BCUT2D eigenvalue weighted by Gasteiger charge is -2.34. The molecule has 2 heterocycles. The van der Waals surface area contributed by atoms with E-state index in [4.69, 9.17) is 0 Å². The van der Waals surface area contributed by atoms with Gasteiger partial charge in [0.2, 0.25) is 5.91 Å². The van der Waals surface area contributed by atoms with E-state index >= 15 is 0 Å². The van der Waals surface area contributed by atoms with Crippen LogP contribution in [0.15, 0.2) is 53.4 Å². The Hall–Kier alpha value is -3.64. The van der Waals surface area contributed by atoms with Crippen LogP contribution in [-0.2, 0) is 22.3 Å². The fourth-order valence-electron chi connectivity index (χ4n) is 4.48. The zero-order valence-electron chi connectivity index (χ0n) is 22.0. The summed E-state index contributed by atoms with van der Waals surface area (Å²) >= 11 is 0.659. The van der Waals surface area contributed by atoms with E-state index in [1.165, 1.54) is 24.3 Å². The predicted octanol–water partition coefficient (Wildman–Crippen LogP) is 4.22. The molecule has 2 aromatic rings. The molecule has 0 radical (unpaired) electrons. The van der Waals surface area contributed by atoms with Gasteiger partial charge in [-0.05, 0) is 61.0 Å². The molecule has 2 aliphatic heterocycles. The second kappa shape index (κ2) is 12.3. The molecule has 2 saturated heterocycles. The molecule has 2 aliphatic rings. The highest BCUT2D eigenvalue weighted by Gasteiger charge is 2.38. The van der Waals surface area contributed by atoms with Crippen LogP contribution in [0.2, 0.25) is 0 Å². The smallest absolute Gasteiger partial charge is 0.353 e. The van der Waals surface area contributed by atoms with Gasteiger partial charge in [0.15, 0.2) is 0 Å². The van der Waals surface area contributed by atoms with Crippen molar-refractivity contribution in [2.75, 3.05) is 32.7 Å². The maximum atomic E-state index is 13.3. The topological polar surface area (TPSA) is 90.0 Å². The molecule has 1 N–H and O–H groups in total. The summed E-state index contributed by atoms with van der Waals surface area (Å²) in [5, 5.41) is 2.20. The molecule has 8 nitrogen and oxygen atoms in total. The molecule has 212 valence electrons. The number of halogens is 3. The minimum Gasteiger partial charge on any atom is -0.353 e. The Bertz CT molecular complexity index is 1320. The van der Waals surface area contributed by atoms with Gasteiger partial charge in [0.05, 0.1) is 23.6 Å². The van der Waals surface area contributed by atoms with Crippen molar-refractivity contribution < 1.29 is 32.3 Å². The van der Waals surface area contributed by atoms with Crippen LogP contribution >= 0.6 is 11.8 Å². The van der Waals surface area contributed by atoms with E-state index in [-0.39, 0.29) is 34.9 Å². The molecule has 0 unspecified atom stereocenters. The highest BCUT2D eigenvalue weighted by Crippen LogP contribution is 2.36. The number of carbonyl (C=O) groups excluding carboxylic acids is 4. The summed E-state index contributed by atoms with van der Waals surface area (Å²) < 4.78 is 40.0. The summed E-state index contributed by atoms with van der Waals surface area (Å²) in [5.74, 6) is -0.872. The van der Waals surface area contributed by atoms with Gasteiger partial charge in [-0.3, -0.25) is 29.0 Å². The van der Waals surface area contributed by atoms with Gasteiger partial charge < -0.3 is 10.2 Å². The minimum atomic E-state index is -4.61. The van der Waals surface area contributed by atoms with Gasteiger partial charge in [0.1, 0.15) is 0 Å². The highest BCUT2D eigenvalue weighted by molar-refractivity contribution is 8.18. The molecule has 0 atom stereocenters. The summed E-state index contributed by atoms with van der Waals surface area (Å²) in [6.07, 6.45) is -3.12. The van der Waals surface area contributed by atoms with Gasteiger partial charge in [-0.2, -0.15) is 13.2 Å². The van der Waals surface area contributed by atoms with Gasteiger partial charge in [-0.25, -0.2) is 0 Å². The third kappa shape index (κ3) is 7.11. The van der Waals surface area contributed by atoms with Gasteiger partial charge in [0.25, 0.3) is 17.1 Å². The summed E-state index contributed by atoms with van der Waals surface area (Å²) in [6.45, 7) is 5.74. The number of benzene rings is 2. The molecular weight excluding hydrogens is 545 g/mol. The Labute approximate surface area is 234 Å². The Morgan fingerprint density at radius 1 is 1.00 bits per heavy atom. The number of thioether (sulfide) groups is 1. The van der Waals surface area contributed by atoms with Crippen LogP contribution in [-0.4, -0.2) is 76.4 Å². The molecule has 4 amide bonds. The first-order chi connectivity index (χ1) is 18.9. The quantitative estimate of drug-likeness (QED) is 0.498. The molecule has 0 aromatic heterocycles. The number of carbonyl (C=O) groups is 4. The number of alkyl halides is 3. The zero-order chi connectivity index (χ0) is 29.0. The Morgan fingerprint density at radius 3 is 2.27 bits per heavy atom. The van der Waals surface area contributed by atoms with Gasteiger partial charge in [0, 0.05) is 37.8 Å². The van der Waals surface area contributed by atoms with E-state index < -0.39 is 29.4 Å². The number of rotatable bonds is 7. The number of nitrogens with one attached hydrogen (secondary N) is 1. The fraction of sp³-hybridized carbons (Fsp3) is 0.357. The number of piperazine rings is 1. The first kappa shape index (κ1) is 29.3. The van der Waals surface area contributed by atoms with Gasteiger partial charge in [-0.15, -0.1) is 0 Å². The molecule has 2 aromatic carbocycles. The Kier molecular flexibility index (Phi) is 8.99. The van der Waals surface area contributed by atoms with E-state index in [1.54, 1.807) is 29.2 Å². The van der Waals surface area contributed by atoms with Crippen LogP contribution in [0.4, 0.5) is 18.0 Å². The number of amides is 4. The number of nitrogens with zero attached hydrogens (tertiary/aromatic N) is 3. The first-order valence-corrected chi connectivity index (χ1v) is 13.6. The van der Waals surface area contributed by atoms with Crippen molar-refractivity contribution in [2.24, 2.45) is 0 Å². The number of hydrogen-bond donors (Lipinski definition) is 1. The highest BCUT2D eigenvalue weighted by atomic mass is 32.2. The van der Waals surface area contributed by atoms with Crippen LogP contribution < -0.4 is 5.32 Å². The summed E-state index contributed by atoms with van der Waals surface area (Å²) in [4.78, 5) is 54.9. The standard InChI is InChI=1S/C28H29F3N4O4S/c1-18(2)32-24(36)17-33-11-13-34(14-12-33)25(37)20-9-7-19(8-10-20)15-23-26(38)35(27(39)40-23)16-21-5-3-4-6-22(21)28(29,30)31/h3-10,15,18H,11-14,16-17H2,1-2H3,(H,32,36). The zero-order valence-corrected chi connectivity index (χ0v) is 22.8. The van der Waals surface area contributed by atoms with Crippen molar-refractivity contribution in [3.63, 3.8) is 0 Å². The summed E-state index contributed by atoms with van der Waals surface area (Å²) in [5.41, 5.74) is -0.0314. The first-order valence-electron chi connectivity index (χ1n) is 12.7. The molecule has 0 bridgehead atoms. The van der Waals surface area contributed by atoms with Crippen molar-refractivity contribution in [1.29, 1.82) is 0 Å². The van der Waals surface area contributed by atoms with E-state index in [2.05, 4.69) is 5.32 Å². The minimum absolute atomic E-state index is 0.0469. The predicted molar refractivity (Wildman–Crippen MR) is 145 cm³/mol. The third-order valence-electron chi connectivity index (χ3n) is 6.46. The molecular formula is C28H29F3N4O4S. The lowest BCUT2D eigenvalue weighted by atomic mass is 10.1. The average Bonchev–Trinajstić information content (AvgIpc) is 3.15. The van der Waals surface area contributed by atoms with Crippen LogP contribution in [0.5, 0.6) is 0 Å². The second-order valence-electron chi connectivity index (χ2n) is 9.84. The SMILES string of the molecule is CC(C)NC(=O)CN1CCN(C(=O)c2ccc(C=C3SC(=O)N(Cc4ccccc4C(F)(F)F)C3=O)cc2)CC1. The molecule has 2 fully saturated rings. The number of imide groups is 1. The average molecular weight is 575 g/mol. The van der Waals surface area contributed by atoms with Crippen molar-refractivity contribution in [3.8, 4) is 0 Å². The molecule has 0 aliphatic carbocycles. The second-order valence-corrected chi connectivity index (χ2v) is 10.8. The maximum absolute atomic E-state index is 13.3. The van der Waals surface area contributed by atoms with Gasteiger partial charge in [-0.1, -0.05) is 30.3 Å². The Balaban J connectivity index is 1.36. The molecule has 0 saturated carbocycles. The van der Waals surface area contributed by atoms with E-state index in [0.717, 1.165) is 11.0 Å².